The van der Waals surface area contributed by atoms with Crippen molar-refractivity contribution in [2.75, 3.05) is 11.9 Å². The van der Waals surface area contributed by atoms with Gasteiger partial charge < -0.3 is 14.2 Å². The highest BCUT2D eigenvalue weighted by Crippen LogP contribution is 2.36. The van der Waals surface area contributed by atoms with Crippen LogP contribution >= 0.6 is 22.9 Å². The quantitative estimate of drug-likeness (QED) is 0.253. The van der Waals surface area contributed by atoms with Gasteiger partial charge >= 0.3 is 12.1 Å². The van der Waals surface area contributed by atoms with Crippen LogP contribution < -0.4 is 14.8 Å². The third-order valence-corrected chi connectivity index (χ3v) is 5.98. The lowest BCUT2D eigenvalue weighted by atomic mass is 10.3. The van der Waals surface area contributed by atoms with E-state index in [9.17, 15) is 22.8 Å². The molecule has 2 aromatic heterocycles. The van der Waals surface area contributed by atoms with Gasteiger partial charge in [-0.15, -0.1) is 0 Å². The van der Waals surface area contributed by atoms with Crippen LogP contribution in [0.5, 0.6) is 17.4 Å². The third kappa shape index (κ3) is 6.47. The van der Waals surface area contributed by atoms with Crippen LogP contribution in [0.15, 0.2) is 48.7 Å². The third-order valence-electron chi connectivity index (χ3n) is 4.80. The maximum absolute atomic E-state index is 13.3. The van der Waals surface area contributed by atoms with Crippen molar-refractivity contribution < 1.29 is 37.0 Å². The highest BCUT2D eigenvalue weighted by Gasteiger charge is 2.40. The second-order valence-electron chi connectivity index (χ2n) is 7.58. The summed E-state index contributed by atoms with van der Waals surface area (Å²) in [6, 6.07) is 11.3. The Hall–Kier alpha value is -3.97. The fraction of sp³-hybridized carbons (Fsp3) is 0.208. The summed E-state index contributed by atoms with van der Waals surface area (Å²) in [7, 11) is 0. The second-order valence-corrected chi connectivity index (χ2v) is 9.01. The molecule has 0 bridgehead atoms. The number of nitrogens with one attached hydrogen (secondary N) is 1. The van der Waals surface area contributed by atoms with Gasteiger partial charge in [0, 0.05) is 5.02 Å². The zero-order valence-electron chi connectivity index (χ0n) is 19.7. The van der Waals surface area contributed by atoms with E-state index in [1.165, 1.54) is 32.2 Å². The molecule has 0 aliphatic carbocycles. The Labute approximate surface area is 222 Å². The average molecular weight is 567 g/mol. The Kier molecular flexibility index (Phi) is 7.97. The molecule has 0 spiro atoms. The van der Waals surface area contributed by atoms with Gasteiger partial charge in [-0.25, -0.2) is 19.7 Å². The molecular weight excluding hydrogens is 549 g/mol. The molecule has 198 valence electrons. The number of fused-ring (bicyclic) bond motifs is 1. The largest absolute Gasteiger partial charge is 0.481 e. The molecule has 38 heavy (non-hydrogen) atoms. The molecule has 2 aromatic carbocycles. The van der Waals surface area contributed by atoms with E-state index >= 15 is 0 Å². The number of benzene rings is 2. The molecule has 0 saturated heterocycles. The number of halogens is 4. The lowest BCUT2D eigenvalue weighted by Gasteiger charge is -2.14. The van der Waals surface area contributed by atoms with E-state index in [1.54, 1.807) is 30.3 Å². The van der Waals surface area contributed by atoms with Crippen molar-refractivity contribution in [1.29, 1.82) is 0 Å². The number of ether oxygens (including phenoxy) is 3. The Morgan fingerprint density at radius 3 is 2.47 bits per heavy atom. The van der Waals surface area contributed by atoms with Crippen LogP contribution in [-0.4, -0.2) is 39.5 Å². The van der Waals surface area contributed by atoms with E-state index in [4.69, 9.17) is 21.1 Å². The zero-order chi connectivity index (χ0) is 27.4. The van der Waals surface area contributed by atoms with Crippen molar-refractivity contribution in [3.05, 3.63) is 64.3 Å². The normalized spacial score (nSPS) is 12.2. The number of aromatic nitrogens is 3. The number of amides is 1. The van der Waals surface area contributed by atoms with Gasteiger partial charge in [0.15, 0.2) is 16.9 Å². The summed E-state index contributed by atoms with van der Waals surface area (Å²) in [5.41, 5.74) is -0.214. The summed E-state index contributed by atoms with van der Waals surface area (Å²) in [5, 5.41) is 2.37. The highest BCUT2D eigenvalue weighted by molar-refractivity contribution is 7.17. The summed E-state index contributed by atoms with van der Waals surface area (Å²) in [4.78, 5) is 35.6. The fourth-order valence-corrected chi connectivity index (χ4v) is 4.14. The second kappa shape index (κ2) is 11.2. The summed E-state index contributed by atoms with van der Waals surface area (Å²) in [6.45, 7) is 2.75. The van der Waals surface area contributed by atoms with E-state index in [1.807, 2.05) is 0 Å². The molecule has 14 heteroatoms. The number of hydrogen-bond acceptors (Lipinski definition) is 9. The number of rotatable bonds is 8. The standard InChI is InChI=1S/C24H18ClF3N4O5S/c1-3-35-22(34)19-20(24(26,27)28)31-23(38-19)32-21(33)12(2)36-14-5-7-15(8-6-14)37-18-11-29-17-10-13(25)4-9-16(17)30-18/h4-12H,3H2,1-2H3,(H,31,32,33)/t12-/m1/s1. The first kappa shape index (κ1) is 27.1. The lowest BCUT2D eigenvalue weighted by molar-refractivity contribution is -0.141. The Morgan fingerprint density at radius 1 is 1.08 bits per heavy atom. The van der Waals surface area contributed by atoms with Crippen LogP contribution in [0.1, 0.15) is 29.2 Å². The summed E-state index contributed by atoms with van der Waals surface area (Å²) >= 11 is 6.31. The van der Waals surface area contributed by atoms with E-state index in [0.29, 0.717) is 38.9 Å². The molecule has 0 unspecified atom stereocenters. The molecule has 1 amide bonds. The van der Waals surface area contributed by atoms with Gasteiger partial charge in [0.2, 0.25) is 5.88 Å². The van der Waals surface area contributed by atoms with Crippen LogP contribution in [0.4, 0.5) is 18.3 Å². The van der Waals surface area contributed by atoms with Crippen LogP contribution in [0.3, 0.4) is 0 Å². The number of anilines is 1. The highest BCUT2D eigenvalue weighted by atomic mass is 35.5. The van der Waals surface area contributed by atoms with Crippen molar-refractivity contribution in [3.8, 4) is 17.4 Å². The minimum Gasteiger partial charge on any atom is -0.481 e. The average Bonchev–Trinajstić information content (AvgIpc) is 3.30. The van der Waals surface area contributed by atoms with Gasteiger partial charge in [0.1, 0.15) is 16.4 Å². The van der Waals surface area contributed by atoms with Crippen LogP contribution in [0.2, 0.25) is 5.02 Å². The van der Waals surface area contributed by atoms with E-state index in [0.717, 1.165) is 0 Å². The minimum atomic E-state index is -4.90. The fourth-order valence-electron chi connectivity index (χ4n) is 3.09. The van der Waals surface area contributed by atoms with Gasteiger partial charge in [-0.3, -0.25) is 10.1 Å². The number of thiazole rings is 1. The topological polar surface area (TPSA) is 113 Å². The van der Waals surface area contributed by atoms with Crippen molar-refractivity contribution in [3.63, 3.8) is 0 Å². The molecular formula is C24H18ClF3N4O5S. The molecule has 0 aliphatic rings. The summed E-state index contributed by atoms with van der Waals surface area (Å²) < 4.78 is 55.7. The number of esters is 1. The van der Waals surface area contributed by atoms with Gasteiger partial charge in [0.25, 0.3) is 5.91 Å². The van der Waals surface area contributed by atoms with Crippen LogP contribution in [0.25, 0.3) is 11.0 Å². The molecule has 0 radical (unpaired) electrons. The molecule has 0 saturated carbocycles. The lowest BCUT2D eigenvalue weighted by Crippen LogP contribution is -2.30. The maximum Gasteiger partial charge on any atom is 0.435 e. The minimum absolute atomic E-state index is 0.116. The van der Waals surface area contributed by atoms with Crippen molar-refractivity contribution in [2.24, 2.45) is 0 Å². The van der Waals surface area contributed by atoms with Gasteiger partial charge in [0.05, 0.1) is 23.8 Å². The van der Waals surface area contributed by atoms with E-state index in [-0.39, 0.29) is 12.5 Å². The van der Waals surface area contributed by atoms with Crippen LogP contribution in [-0.2, 0) is 15.7 Å². The Morgan fingerprint density at radius 2 is 1.79 bits per heavy atom. The number of hydrogen-bond donors (Lipinski definition) is 1. The maximum atomic E-state index is 13.3. The monoisotopic (exact) mass is 566 g/mol. The first-order valence-electron chi connectivity index (χ1n) is 11.0. The molecule has 4 rings (SSSR count). The van der Waals surface area contributed by atoms with Crippen molar-refractivity contribution in [2.45, 2.75) is 26.1 Å². The molecule has 1 N–H and O–H groups in total. The van der Waals surface area contributed by atoms with Crippen molar-refractivity contribution >= 4 is 51.0 Å². The number of carbonyl (C=O) groups excluding carboxylic acids is 2. The molecule has 2 heterocycles. The Balaban J connectivity index is 1.39. The number of carbonyl (C=O) groups is 2. The van der Waals surface area contributed by atoms with Crippen molar-refractivity contribution in [1.82, 2.24) is 15.0 Å². The van der Waals surface area contributed by atoms with E-state index in [2.05, 4.69) is 25.0 Å². The van der Waals surface area contributed by atoms with Gasteiger partial charge in [-0.2, -0.15) is 13.2 Å². The first-order chi connectivity index (χ1) is 18.0. The summed E-state index contributed by atoms with van der Waals surface area (Å²) in [6.07, 6.45) is -4.56. The number of nitrogens with zero attached hydrogens (tertiary/aromatic N) is 3. The smallest absolute Gasteiger partial charge is 0.435 e. The molecule has 0 fully saturated rings. The first-order valence-corrected chi connectivity index (χ1v) is 12.2. The van der Waals surface area contributed by atoms with Crippen LogP contribution in [0, 0.1) is 0 Å². The molecule has 4 aromatic rings. The molecule has 1 atom stereocenters. The zero-order valence-corrected chi connectivity index (χ0v) is 21.3. The predicted molar refractivity (Wildman–Crippen MR) is 133 cm³/mol. The molecule has 0 aliphatic heterocycles. The SMILES string of the molecule is CCOC(=O)c1sc(NC(=O)[C@@H](C)Oc2ccc(Oc3cnc4cc(Cl)ccc4n3)cc2)nc1C(F)(F)F. The van der Waals surface area contributed by atoms with Gasteiger partial charge in [-0.05, 0) is 56.3 Å². The number of alkyl halides is 3. The molecule has 9 nitrogen and oxygen atoms in total. The predicted octanol–water partition coefficient (Wildman–Crippen LogP) is 6.13. The van der Waals surface area contributed by atoms with E-state index < -0.39 is 39.9 Å². The van der Waals surface area contributed by atoms with Gasteiger partial charge in [-0.1, -0.05) is 22.9 Å². The summed E-state index contributed by atoms with van der Waals surface area (Å²) in [5.74, 6) is -0.976. The Bertz CT molecular complexity index is 1480.